The lowest BCUT2D eigenvalue weighted by atomic mass is 9.92. The SMILES string of the molecule is C[C@H]1C[C@@H](C(=O)N(C)Cc2ccccc2[N+](=O)[O-])CCN1. The van der Waals surface area contributed by atoms with Crippen molar-refractivity contribution in [2.75, 3.05) is 13.6 Å². The second-order valence-electron chi connectivity index (χ2n) is 5.66. The van der Waals surface area contributed by atoms with E-state index >= 15 is 0 Å². The number of rotatable bonds is 4. The standard InChI is InChI=1S/C15H21N3O3/c1-11-9-12(7-8-16-11)15(19)17(2)10-13-5-3-4-6-14(13)18(20)21/h3-6,11-12,16H,7-10H2,1-2H3/t11-,12-/m0/s1. The van der Waals surface area contributed by atoms with Crippen molar-refractivity contribution in [2.45, 2.75) is 32.4 Å². The van der Waals surface area contributed by atoms with E-state index in [0.717, 1.165) is 19.4 Å². The average molecular weight is 291 g/mol. The number of para-hydroxylation sites is 1. The molecule has 1 aromatic carbocycles. The Labute approximate surface area is 124 Å². The average Bonchev–Trinajstić information content (AvgIpc) is 2.46. The summed E-state index contributed by atoms with van der Waals surface area (Å²) >= 11 is 0. The Balaban J connectivity index is 2.05. The van der Waals surface area contributed by atoms with Crippen LogP contribution in [0.2, 0.25) is 0 Å². The van der Waals surface area contributed by atoms with E-state index in [4.69, 9.17) is 0 Å². The van der Waals surface area contributed by atoms with Gasteiger partial charge in [-0.25, -0.2) is 0 Å². The molecule has 0 unspecified atom stereocenters. The molecule has 2 rings (SSSR count). The van der Waals surface area contributed by atoms with E-state index in [1.54, 1.807) is 30.1 Å². The van der Waals surface area contributed by atoms with Crippen LogP contribution in [0.3, 0.4) is 0 Å². The van der Waals surface area contributed by atoms with Crippen molar-refractivity contribution in [3.8, 4) is 0 Å². The zero-order valence-electron chi connectivity index (χ0n) is 12.4. The summed E-state index contributed by atoms with van der Waals surface area (Å²) in [6.07, 6.45) is 1.64. The number of hydrogen-bond donors (Lipinski definition) is 1. The summed E-state index contributed by atoms with van der Waals surface area (Å²) in [5.74, 6) is 0.0792. The first-order valence-corrected chi connectivity index (χ1v) is 7.19. The molecule has 1 saturated heterocycles. The summed E-state index contributed by atoms with van der Waals surface area (Å²) in [5.41, 5.74) is 0.635. The number of nitrogens with one attached hydrogen (secondary N) is 1. The van der Waals surface area contributed by atoms with Crippen molar-refractivity contribution in [3.05, 3.63) is 39.9 Å². The third-order valence-corrected chi connectivity index (χ3v) is 3.94. The third kappa shape index (κ3) is 3.78. The fourth-order valence-electron chi connectivity index (χ4n) is 2.82. The van der Waals surface area contributed by atoms with Gasteiger partial charge in [-0.1, -0.05) is 18.2 Å². The van der Waals surface area contributed by atoms with E-state index in [0.29, 0.717) is 11.6 Å². The highest BCUT2D eigenvalue weighted by Gasteiger charge is 2.27. The van der Waals surface area contributed by atoms with Gasteiger partial charge >= 0.3 is 0 Å². The maximum atomic E-state index is 12.5. The van der Waals surface area contributed by atoms with Gasteiger partial charge in [-0.05, 0) is 26.3 Å². The molecule has 0 radical (unpaired) electrons. The number of nitro groups is 1. The van der Waals surface area contributed by atoms with Crippen LogP contribution in [0, 0.1) is 16.0 Å². The molecular formula is C15H21N3O3. The van der Waals surface area contributed by atoms with Gasteiger partial charge in [0.25, 0.3) is 5.69 Å². The number of carbonyl (C=O) groups excluding carboxylic acids is 1. The molecule has 6 heteroatoms. The fourth-order valence-corrected chi connectivity index (χ4v) is 2.82. The Hall–Kier alpha value is -1.95. The Kier molecular flexibility index (Phi) is 4.90. The molecule has 0 spiro atoms. The van der Waals surface area contributed by atoms with E-state index in [-0.39, 0.29) is 24.1 Å². The van der Waals surface area contributed by atoms with Crippen molar-refractivity contribution < 1.29 is 9.72 Å². The molecule has 0 bridgehead atoms. The number of benzene rings is 1. The number of carbonyl (C=O) groups is 1. The van der Waals surface area contributed by atoms with Crippen LogP contribution in [0.5, 0.6) is 0 Å². The summed E-state index contributed by atoms with van der Waals surface area (Å²) in [6.45, 7) is 3.19. The Bertz CT molecular complexity index is 533. The Morgan fingerprint density at radius 1 is 1.48 bits per heavy atom. The molecule has 0 aliphatic carbocycles. The van der Waals surface area contributed by atoms with Gasteiger partial charge in [0.15, 0.2) is 0 Å². The van der Waals surface area contributed by atoms with Gasteiger partial charge in [0.1, 0.15) is 0 Å². The number of amides is 1. The molecule has 0 saturated carbocycles. The molecule has 6 nitrogen and oxygen atoms in total. The molecule has 1 aliphatic heterocycles. The monoisotopic (exact) mass is 291 g/mol. The summed E-state index contributed by atoms with van der Waals surface area (Å²) in [7, 11) is 1.71. The third-order valence-electron chi connectivity index (χ3n) is 3.94. The highest BCUT2D eigenvalue weighted by molar-refractivity contribution is 5.78. The van der Waals surface area contributed by atoms with Crippen LogP contribution in [0.15, 0.2) is 24.3 Å². The number of hydrogen-bond acceptors (Lipinski definition) is 4. The van der Waals surface area contributed by atoms with Crippen molar-refractivity contribution >= 4 is 11.6 Å². The lowest BCUT2D eigenvalue weighted by Crippen LogP contribution is -2.42. The summed E-state index contributed by atoms with van der Waals surface area (Å²) in [6, 6.07) is 6.91. The minimum atomic E-state index is -0.403. The molecule has 1 heterocycles. The molecule has 1 aromatic rings. The second kappa shape index (κ2) is 6.67. The van der Waals surface area contributed by atoms with Crippen molar-refractivity contribution in [2.24, 2.45) is 5.92 Å². The minimum absolute atomic E-state index is 0.00835. The van der Waals surface area contributed by atoms with Gasteiger partial charge in [0, 0.05) is 30.6 Å². The molecule has 1 amide bonds. The normalized spacial score (nSPS) is 21.8. The number of piperidine rings is 1. The topological polar surface area (TPSA) is 75.5 Å². The maximum absolute atomic E-state index is 12.5. The van der Waals surface area contributed by atoms with E-state index in [1.165, 1.54) is 6.07 Å². The highest BCUT2D eigenvalue weighted by atomic mass is 16.6. The smallest absolute Gasteiger partial charge is 0.274 e. The predicted octanol–water partition coefficient (Wildman–Crippen LogP) is 1.94. The molecule has 0 aromatic heterocycles. The predicted molar refractivity (Wildman–Crippen MR) is 79.8 cm³/mol. The van der Waals surface area contributed by atoms with E-state index in [1.807, 2.05) is 0 Å². The van der Waals surface area contributed by atoms with E-state index in [2.05, 4.69) is 12.2 Å². The van der Waals surface area contributed by atoms with Gasteiger partial charge in [0.05, 0.1) is 11.5 Å². The van der Waals surface area contributed by atoms with Crippen LogP contribution in [0.4, 0.5) is 5.69 Å². The van der Waals surface area contributed by atoms with Crippen LogP contribution in [-0.4, -0.2) is 35.4 Å². The minimum Gasteiger partial charge on any atom is -0.341 e. The first-order valence-electron chi connectivity index (χ1n) is 7.19. The van der Waals surface area contributed by atoms with Gasteiger partial charge < -0.3 is 10.2 Å². The van der Waals surface area contributed by atoms with Crippen molar-refractivity contribution in [1.29, 1.82) is 0 Å². The number of nitrogens with zero attached hydrogens (tertiary/aromatic N) is 2. The fraction of sp³-hybridized carbons (Fsp3) is 0.533. The molecular weight excluding hydrogens is 270 g/mol. The first kappa shape index (κ1) is 15.4. The summed E-state index contributed by atoms with van der Waals surface area (Å²) in [4.78, 5) is 24.7. The van der Waals surface area contributed by atoms with Crippen molar-refractivity contribution in [1.82, 2.24) is 10.2 Å². The van der Waals surface area contributed by atoms with Crippen molar-refractivity contribution in [3.63, 3.8) is 0 Å². The molecule has 1 N–H and O–H groups in total. The Morgan fingerprint density at radius 2 is 2.19 bits per heavy atom. The largest absolute Gasteiger partial charge is 0.341 e. The zero-order chi connectivity index (χ0) is 15.4. The molecule has 114 valence electrons. The summed E-state index contributed by atoms with van der Waals surface area (Å²) in [5, 5.41) is 14.3. The second-order valence-corrected chi connectivity index (χ2v) is 5.66. The van der Waals surface area contributed by atoms with Crippen LogP contribution in [-0.2, 0) is 11.3 Å². The van der Waals surface area contributed by atoms with Gasteiger partial charge in [-0.2, -0.15) is 0 Å². The first-order chi connectivity index (χ1) is 9.99. The zero-order valence-corrected chi connectivity index (χ0v) is 12.4. The molecule has 1 aliphatic rings. The molecule has 2 atom stereocenters. The summed E-state index contributed by atoms with van der Waals surface area (Å²) < 4.78 is 0. The molecule has 1 fully saturated rings. The Morgan fingerprint density at radius 3 is 2.86 bits per heavy atom. The van der Waals surface area contributed by atoms with E-state index < -0.39 is 4.92 Å². The van der Waals surface area contributed by atoms with Crippen LogP contribution in [0.1, 0.15) is 25.3 Å². The van der Waals surface area contributed by atoms with Crippen LogP contribution in [0.25, 0.3) is 0 Å². The maximum Gasteiger partial charge on any atom is 0.274 e. The molecule has 21 heavy (non-hydrogen) atoms. The van der Waals surface area contributed by atoms with Gasteiger partial charge in [0.2, 0.25) is 5.91 Å². The number of nitro benzene ring substituents is 1. The lowest BCUT2D eigenvalue weighted by molar-refractivity contribution is -0.385. The lowest BCUT2D eigenvalue weighted by Gasteiger charge is -2.30. The van der Waals surface area contributed by atoms with Gasteiger partial charge in [-0.3, -0.25) is 14.9 Å². The van der Waals surface area contributed by atoms with Crippen LogP contribution >= 0.6 is 0 Å². The van der Waals surface area contributed by atoms with E-state index in [9.17, 15) is 14.9 Å². The van der Waals surface area contributed by atoms with Crippen LogP contribution < -0.4 is 5.32 Å². The highest BCUT2D eigenvalue weighted by Crippen LogP contribution is 2.22. The quantitative estimate of drug-likeness (QED) is 0.679. The van der Waals surface area contributed by atoms with Gasteiger partial charge in [-0.15, -0.1) is 0 Å².